The molecule has 0 aliphatic heterocycles. The summed E-state index contributed by atoms with van der Waals surface area (Å²) in [5.41, 5.74) is 3.09. The minimum Gasteiger partial charge on any atom is -0.325 e. The van der Waals surface area contributed by atoms with Crippen molar-refractivity contribution in [3.8, 4) is 17.5 Å². The fourth-order valence-electron chi connectivity index (χ4n) is 2.83. The molecule has 6 nitrogen and oxygen atoms in total. The Morgan fingerprint density at radius 3 is 2.79 bits per heavy atom. The normalized spacial score (nSPS) is 10.6. The van der Waals surface area contributed by atoms with Crippen molar-refractivity contribution >= 4 is 35.0 Å². The molecule has 8 heteroatoms. The predicted octanol–water partition coefficient (Wildman–Crippen LogP) is 4.92. The van der Waals surface area contributed by atoms with Crippen molar-refractivity contribution < 1.29 is 4.79 Å². The van der Waals surface area contributed by atoms with Gasteiger partial charge in [-0.1, -0.05) is 54.0 Å². The highest BCUT2D eigenvalue weighted by Gasteiger charge is 2.15. The second-order valence-electron chi connectivity index (χ2n) is 6.47. The number of carbonyl (C=O) groups excluding carboxylic acids is 1. The molecule has 3 rings (SSSR count). The molecule has 0 atom stereocenters. The maximum Gasteiger partial charge on any atom is 0.234 e. The number of rotatable bonds is 7. The number of aryl methyl sites for hydroxylation is 1. The summed E-state index contributed by atoms with van der Waals surface area (Å²) in [6, 6.07) is 14.9. The number of benzene rings is 2. The number of nitriles is 1. The Balaban J connectivity index is 1.71. The van der Waals surface area contributed by atoms with Crippen LogP contribution >= 0.6 is 23.4 Å². The van der Waals surface area contributed by atoms with Crippen molar-refractivity contribution in [2.75, 3.05) is 11.1 Å². The molecule has 0 saturated heterocycles. The van der Waals surface area contributed by atoms with E-state index in [-0.39, 0.29) is 11.7 Å². The van der Waals surface area contributed by atoms with E-state index in [1.165, 1.54) is 11.8 Å². The second-order valence-corrected chi connectivity index (χ2v) is 7.82. The fraction of sp³-hybridized carbons (Fsp3) is 0.238. The zero-order valence-corrected chi connectivity index (χ0v) is 17.7. The number of hydrogen-bond donors (Lipinski definition) is 1. The van der Waals surface area contributed by atoms with Crippen molar-refractivity contribution in [1.29, 1.82) is 5.26 Å². The zero-order valence-electron chi connectivity index (χ0n) is 16.1. The number of hydrogen-bond acceptors (Lipinski definition) is 5. The number of carbonyl (C=O) groups is 1. The summed E-state index contributed by atoms with van der Waals surface area (Å²) >= 11 is 7.35. The van der Waals surface area contributed by atoms with Crippen molar-refractivity contribution in [3.63, 3.8) is 0 Å². The van der Waals surface area contributed by atoms with E-state index in [4.69, 9.17) is 16.9 Å². The second kappa shape index (κ2) is 9.59. The van der Waals surface area contributed by atoms with Gasteiger partial charge in [0, 0.05) is 17.8 Å². The lowest BCUT2D eigenvalue weighted by Gasteiger charge is -2.10. The molecule has 1 amide bonds. The van der Waals surface area contributed by atoms with Crippen LogP contribution in [-0.4, -0.2) is 26.4 Å². The Morgan fingerprint density at radius 1 is 1.28 bits per heavy atom. The Bertz CT molecular complexity index is 1070. The third-order valence-corrected chi connectivity index (χ3v) is 5.43. The smallest absolute Gasteiger partial charge is 0.234 e. The lowest BCUT2D eigenvalue weighted by Crippen LogP contribution is -2.14. The van der Waals surface area contributed by atoms with E-state index in [1.807, 2.05) is 35.8 Å². The lowest BCUT2D eigenvalue weighted by atomic mass is 10.1. The van der Waals surface area contributed by atoms with Crippen molar-refractivity contribution in [3.05, 3.63) is 58.6 Å². The van der Waals surface area contributed by atoms with Gasteiger partial charge in [0.1, 0.15) is 6.07 Å². The Labute approximate surface area is 178 Å². The van der Waals surface area contributed by atoms with Crippen LogP contribution in [0.25, 0.3) is 11.4 Å². The van der Waals surface area contributed by atoms with Crippen LogP contribution in [0.1, 0.15) is 24.5 Å². The number of amides is 1. The monoisotopic (exact) mass is 425 g/mol. The third kappa shape index (κ3) is 5.17. The number of nitrogens with one attached hydrogen (secondary N) is 1. The molecule has 3 aromatic rings. The van der Waals surface area contributed by atoms with Gasteiger partial charge in [0.15, 0.2) is 11.0 Å². The topological polar surface area (TPSA) is 83.6 Å². The average Bonchev–Trinajstić information content (AvgIpc) is 3.09. The van der Waals surface area contributed by atoms with E-state index < -0.39 is 0 Å². The lowest BCUT2D eigenvalue weighted by molar-refractivity contribution is -0.113. The standard InChI is InChI=1S/C21H20ClN5OS/c1-3-9-27-20(15-6-4-5-14(2)10-15)25-26-21(27)29-13-19(28)24-17-8-7-16(12-23)18(22)11-17/h4-8,10-11H,3,9,13H2,1-2H3,(H,24,28). The summed E-state index contributed by atoms with van der Waals surface area (Å²) in [5.74, 6) is 0.809. The molecular formula is C21H20ClN5OS. The molecule has 148 valence electrons. The maximum atomic E-state index is 12.3. The van der Waals surface area contributed by atoms with Crippen LogP contribution in [0.3, 0.4) is 0 Å². The zero-order chi connectivity index (χ0) is 20.8. The van der Waals surface area contributed by atoms with E-state index in [2.05, 4.69) is 28.5 Å². The number of thioether (sulfide) groups is 1. The van der Waals surface area contributed by atoms with Gasteiger partial charge in [0.2, 0.25) is 5.91 Å². The highest BCUT2D eigenvalue weighted by molar-refractivity contribution is 7.99. The minimum absolute atomic E-state index is 0.182. The molecule has 0 aliphatic carbocycles. The van der Waals surface area contributed by atoms with Gasteiger partial charge in [-0.3, -0.25) is 4.79 Å². The largest absolute Gasteiger partial charge is 0.325 e. The summed E-state index contributed by atoms with van der Waals surface area (Å²) < 4.78 is 2.05. The summed E-state index contributed by atoms with van der Waals surface area (Å²) in [4.78, 5) is 12.3. The number of nitrogens with zero attached hydrogens (tertiary/aromatic N) is 4. The summed E-state index contributed by atoms with van der Waals surface area (Å²) in [5, 5.41) is 21.4. The van der Waals surface area contributed by atoms with Crippen LogP contribution < -0.4 is 5.32 Å². The predicted molar refractivity (Wildman–Crippen MR) is 116 cm³/mol. The van der Waals surface area contributed by atoms with Gasteiger partial charge in [0.05, 0.1) is 16.3 Å². The van der Waals surface area contributed by atoms with Crippen LogP contribution in [0, 0.1) is 18.3 Å². The molecule has 0 aliphatic rings. The van der Waals surface area contributed by atoms with E-state index in [9.17, 15) is 4.79 Å². The number of anilines is 1. The van der Waals surface area contributed by atoms with Crippen molar-refractivity contribution in [2.24, 2.45) is 0 Å². The van der Waals surface area contributed by atoms with Gasteiger partial charge in [-0.2, -0.15) is 5.26 Å². The Kier molecular flexibility index (Phi) is 6.91. The van der Waals surface area contributed by atoms with Crippen LogP contribution in [0.4, 0.5) is 5.69 Å². The molecule has 0 radical (unpaired) electrons. The Hall–Kier alpha value is -2.82. The number of halogens is 1. The fourth-order valence-corrected chi connectivity index (χ4v) is 3.82. The van der Waals surface area contributed by atoms with Gasteiger partial charge in [0.25, 0.3) is 0 Å². The molecule has 1 N–H and O–H groups in total. The van der Waals surface area contributed by atoms with Crippen LogP contribution in [0.15, 0.2) is 47.6 Å². The van der Waals surface area contributed by atoms with Gasteiger partial charge in [-0.25, -0.2) is 0 Å². The molecule has 0 saturated carbocycles. The number of aromatic nitrogens is 3. The minimum atomic E-state index is -0.182. The molecule has 29 heavy (non-hydrogen) atoms. The first-order chi connectivity index (χ1) is 14.0. The van der Waals surface area contributed by atoms with E-state index in [0.717, 1.165) is 29.9 Å². The molecule has 1 aromatic heterocycles. The molecule has 0 unspecified atom stereocenters. The summed E-state index contributed by atoms with van der Waals surface area (Å²) in [7, 11) is 0. The van der Waals surface area contributed by atoms with E-state index >= 15 is 0 Å². The van der Waals surface area contributed by atoms with E-state index in [0.29, 0.717) is 21.4 Å². The SMILES string of the molecule is CCCn1c(SCC(=O)Nc2ccc(C#N)c(Cl)c2)nnc1-c1cccc(C)c1. The van der Waals surface area contributed by atoms with Gasteiger partial charge in [-0.15, -0.1) is 10.2 Å². The molecule has 0 bridgehead atoms. The maximum absolute atomic E-state index is 12.3. The first-order valence-electron chi connectivity index (χ1n) is 9.14. The molecule has 0 spiro atoms. The Morgan fingerprint density at radius 2 is 2.10 bits per heavy atom. The third-order valence-electron chi connectivity index (χ3n) is 4.15. The van der Waals surface area contributed by atoms with Crippen LogP contribution in [0.2, 0.25) is 5.02 Å². The highest BCUT2D eigenvalue weighted by atomic mass is 35.5. The van der Waals surface area contributed by atoms with Crippen LogP contribution in [0.5, 0.6) is 0 Å². The van der Waals surface area contributed by atoms with Gasteiger partial charge < -0.3 is 9.88 Å². The first-order valence-corrected chi connectivity index (χ1v) is 10.5. The van der Waals surface area contributed by atoms with Crippen molar-refractivity contribution in [1.82, 2.24) is 14.8 Å². The summed E-state index contributed by atoms with van der Waals surface area (Å²) in [6.07, 6.45) is 0.931. The highest BCUT2D eigenvalue weighted by Crippen LogP contribution is 2.25. The van der Waals surface area contributed by atoms with Gasteiger partial charge in [-0.05, 0) is 37.6 Å². The molecule has 0 fully saturated rings. The molecular weight excluding hydrogens is 406 g/mol. The van der Waals surface area contributed by atoms with E-state index in [1.54, 1.807) is 18.2 Å². The van der Waals surface area contributed by atoms with Crippen molar-refractivity contribution in [2.45, 2.75) is 32.0 Å². The molecule has 1 heterocycles. The van der Waals surface area contributed by atoms with Crippen LogP contribution in [-0.2, 0) is 11.3 Å². The average molecular weight is 426 g/mol. The quantitative estimate of drug-likeness (QED) is 0.543. The van der Waals surface area contributed by atoms with Gasteiger partial charge >= 0.3 is 0 Å². The molecule has 2 aromatic carbocycles. The summed E-state index contributed by atoms with van der Waals surface area (Å²) in [6.45, 7) is 4.90. The first kappa shape index (κ1) is 20.9.